The number of carbonyl (C=O) groups excluding carboxylic acids is 1. The van der Waals surface area contributed by atoms with E-state index in [0.717, 1.165) is 30.0 Å². The first-order valence-electron chi connectivity index (χ1n) is 11.1. The fourth-order valence-corrected chi connectivity index (χ4v) is 4.60. The predicted molar refractivity (Wildman–Crippen MR) is 140 cm³/mol. The zero-order valence-corrected chi connectivity index (χ0v) is 19.0. The van der Waals surface area contributed by atoms with E-state index in [1.165, 1.54) is 0 Å². The van der Waals surface area contributed by atoms with E-state index in [4.69, 9.17) is 5.11 Å². The van der Waals surface area contributed by atoms with Gasteiger partial charge in [0.1, 0.15) is 6.29 Å². The topological polar surface area (TPSA) is 92.2 Å². The molecule has 172 valence electrons. The van der Waals surface area contributed by atoms with Crippen LogP contribution in [0.3, 0.4) is 0 Å². The molecule has 2 N–H and O–H groups in total. The van der Waals surface area contributed by atoms with Crippen molar-refractivity contribution in [2.24, 2.45) is 0 Å². The molecule has 6 rings (SSSR count). The number of hydrogen-bond donors (Lipinski definition) is 2. The molecule has 0 aliphatic rings. The van der Waals surface area contributed by atoms with Crippen LogP contribution in [0.5, 0.6) is 0 Å². The number of fused-ring (bicyclic) bond motifs is 4. The van der Waals surface area contributed by atoms with Crippen LogP contribution < -0.4 is 10.9 Å². The Bertz CT molecular complexity index is 1850. The molecule has 0 amide bonds. The second-order valence-electron chi connectivity index (χ2n) is 8.21. The third-order valence-corrected chi connectivity index (χ3v) is 6.25. The Morgan fingerprint density at radius 1 is 0.714 bits per heavy atom. The van der Waals surface area contributed by atoms with Gasteiger partial charge < -0.3 is 14.7 Å². The molecule has 0 radical (unpaired) electrons. The van der Waals surface area contributed by atoms with E-state index < -0.39 is 0 Å². The fourth-order valence-electron chi connectivity index (χ4n) is 4.60. The molecule has 35 heavy (non-hydrogen) atoms. The molecule has 0 bridgehead atoms. The van der Waals surface area contributed by atoms with Gasteiger partial charge in [0.25, 0.3) is 0 Å². The predicted octanol–water partition coefficient (Wildman–Crippen LogP) is 4.62. The zero-order valence-electron chi connectivity index (χ0n) is 19.0. The van der Waals surface area contributed by atoms with E-state index in [2.05, 4.69) is 9.55 Å². The maximum absolute atomic E-state index is 13.4. The summed E-state index contributed by atoms with van der Waals surface area (Å²) in [5.41, 5.74) is 4.34. The Morgan fingerprint density at radius 2 is 1.37 bits per heavy atom. The highest BCUT2D eigenvalue weighted by Crippen LogP contribution is 2.25. The fraction of sp³-hybridized carbons (Fsp3) is 0.0690. The molecule has 0 spiro atoms. The van der Waals surface area contributed by atoms with E-state index in [1.54, 1.807) is 24.3 Å². The molecular formula is C29H22N2O4. The van der Waals surface area contributed by atoms with Crippen molar-refractivity contribution in [3.05, 3.63) is 117 Å². The van der Waals surface area contributed by atoms with Crippen LogP contribution >= 0.6 is 0 Å². The van der Waals surface area contributed by atoms with Crippen molar-refractivity contribution in [2.45, 2.75) is 6.54 Å². The molecule has 4 aromatic carbocycles. The average Bonchev–Trinajstić information content (AvgIpc) is 2.92. The number of aliphatic hydroxyl groups excluding tert-OH is 1. The van der Waals surface area contributed by atoms with Gasteiger partial charge in [-0.3, -0.25) is 14.4 Å². The minimum atomic E-state index is -0.0660. The Morgan fingerprint density at radius 3 is 2.11 bits per heavy atom. The van der Waals surface area contributed by atoms with Crippen LogP contribution in [0.1, 0.15) is 15.9 Å². The molecule has 0 unspecified atom stereocenters. The van der Waals surface area contributed by atoms with Gasteiger partial charge in [-0.1, -0.05) is 48.5 Å². The second kappa shape index (κ2) is 9.00. The normalized spacial score (nSPS) is 11.0. The molecule has 6 heteroatoms. The van der Waals surface area contributed by atoms with Crippen molar-refractivity contribution in [3.63, 3.8) is 0 Å². The first kappa shape index (κ1) is 22.3. The summed E-state index contributed by atoms with van der Waals surface area (Å²) in [5.74, 6) is 0. The summed E-state index contributed by atoms with van der Waals surface area (Å²) in [6.45, 7) is 0.493. The lowest BCUT2D eigenvalue weighted by Gasteiger charge is -2.16. The van der Waals surface area contributed by atoms with Crippen LogP contribution in [0.15, 0.2) is 94.5 Å². The van der Waals surface area contributed by atoms with Crippen LogP contribution in [0.25, 0.3) is 43.6 Å². The van der Waals surface area contributed by atoms with Gasteiger partial charge in [-0.05, 0) is 42.0 Å². The SMILES string of the molecule is CO.O=Cc1ccc(Cn2c3ccccc3c(=O)c3cc4[nH]c5ccccc5c(=O)c4cc32)cc1. The molecular weight excluding hydrogens is 440 g/mol. The van der Waals surface area contributed by atoms with Crippen molar-refractivity contribution in [1.29, 1.82) is 0 Å². The van der Waals surface area contributed by atoms with Crippen molar-refractivity contribution in [3.8, 4) is 0 Å². The highest BCUT2D eigenvalue weighted by Gasteiger charge is 2.14. The number of nitrogens with one attached hydrogen (secondary N) is 1. The Kier molecular flexibility index (Phi) is 5.73. The molecule has 0 atom stereocenters. The second-order valence-corrected chi connectivity index (χ2v) is 8.21. The highest BCUT2D eigenvalue weighted by atomic mass is 16.2. The summed E-state index contributed by atoms with van der Waals surface area (Å²) in [7, 11) is 1.00. The molecule has 0 saturated heterocycles. The number of aromatic nitrogens is 2. The van der Waals surface area contributed by atoms with Crippen molar-refractivity contribution in [1.82, 2.24) is 9.55 Å². The first-order chi connectivity index (χ1) is 17.1. The maximum atomic E-state index is 13.4. The van der Waals surface area contributed by atoms with Crippen LogP contribution in [-0.2, 0) is 6.54 Å². The van der Waals surface area contributed by atoms with E-state index in [1.807, 2.05) is 60.7 Å². The minimum absolute atomic E-state index is 0.0657. The maximum Gasteiger partial charge on any atom is 0.197 e. The van der Waals surface area contributed by atoms with Crippen LogP contribution in [-0.4, -0.2) is 28.1 Å². The lowest BCUT2D eigenvalue weighted by Crippen LogP contribution is -2.13. The lowest BCUT2D eigenvalue weighted by molar-refractivity contribution is 0.112. The molecule has 2 heterocycles. The number of rotatable bonds is 3. The molecule has 0 saturated carbocycles. The van der Waals surface area contributed by atoms with Gasteiger partial charge >= 0.3 is 0 Å². The smallest absolute Gasteiger partial charge is 0.197 e. The number of pyridine rings is 2. The number of aromatic amines is 1. The number of benzene rings is 4. The van der Waals surface area contributed by atoms with Crippen molar-refractivity contribution < 1.29 is 9.90 Å². The van der Waals surface area contributed by atoms with Gasteiger partial charge in [-0.15, -0.1) is 0 Å². The van der Waals surface area contributed by atoms with Crippen molar-refractivity contribution in [2.75, 3.05) is 7.11 Å². The standard InChI is InChI=1S/C28H18N2O3.CH4O/c31-16-18-11-9-17(10-12-18)15-30-25-8-4-2-6-20(25)28(33)22-13-24-21(14-26(22)30)27(32)19-5-1-3-7-23(19)29-24;1-2/h1-14,16H,15H2,(H,29,32);2H,1H3. The van der Waals surface area contributed by atoms with Crippen molar-refractivity contribution >= 4 is 49.9 Å². The van der Waals surface area contributed by atoms with Gasteiger partial charge in [-0.2, -0.15) is 0 Å². The van der Waals surface area contributed by atoms with E-state index >= 15 is 0 Å². The largest absolute Gasteiger partial charge is 0.400 e. The Labute approximate surface area is 199 Å². The van der Waals surface area contributed by atoms with Gasteiger partial charge in [0.2, 0.25) is 0 Å². The van der Waals surface area contributed by atoms with Gasteiger partial charge in [0.15, 0.2) is 10.9 Å². The Hall–Kier alpha value is -4.55. The summed E-state index contributed by atoms with van der Waals surface area (Å²) >= 11 is 0. The lowest BCUT2D eigenvalue weighted by atomic mass is 10.0. The number of aldehydes is 1. The molecule has 0 aliphatic heterocycles. The number of para-hydroxylation sites is 2. The van der Waals surface area contributed by atoms with E-state index in [-0.39, 0.29) is 10.9 Å². The summed E-state index contributed by atoms with van der Waals surface area (Å²) in [5, 5.41) is 9.33. The third-order valence-electron chi connectivity index (χ3n) is 6.25. The van der Waals surface area contributed by atoms with Crippen LogP contribution in [0.4, 0.5) is 0 Å². The molecule has 0 aliphatic carbocycles. The summed E-state index contributed by atoms with van der Waals surface area (Å²) in [6.07, 6.45) is 0.816. The van der Waals surface area contributed by atoms with Gasteiger partial charge in [-0.25, -0.2) is 0 Å². The quantitative estimate of drug-likeness (QED) is 0.297. The zero-order chi connectivity index (χ0) is 24.5. The number of hydrogen-bond acceptors (Lipinski definition) is 4. The van der Waals surface area contributed by atoms with E-state index in [9.17, 15) is 14.4 Å². The monoisotopic (exact) mass is 462 g/mol. The third kappa shape index (κ3) is 3.70. The molecule has 2 aromatic heterocycles. The minimum Gasteiger partial charge on any atom is -0.400 e. The van der Waals surface area contributed by atoms with Gasteiger partial charge in [0.05, 0.1) is 16.6 Å². The first-order valence-corrected chi connectivity index (χ1v) is 11.1. The van der Waals surface area contributed by atoms with Crippen LogP contribution in [0, 0.1) is 0 Å². The highest BCUT2D eigenvalue weighted by molar-refractivity contribution is 6.03. The molecule has 6 nitrogen and oxygen atoms in total. The number of aliphatic hydroxyl groups is 1. The molecule has 6 aromatic rings. The Balaban J connectivity index is 0.00000124. The number of H-pyrrole nitrogens is 1. The number of carbonyl (C=O) groups is 1. The van der Waals surface area contributed by atoms with E-state index in [0.29, 0.717) is 44.7 Å². The molecule has 0 fully saturated rings. The summed E-state index contributed by atoms with van der Waals surface area (Å²) in [6, 6.07) is 25.9. The van der Waals surface area contributed by atoms with Crippen LogP contribution in [0.2, 0.25) is 0 Å². The van der Waals surface area contributed by atoms with Gasteiger partial charge in [0, 0.05) is 46.3 Å². The summed E-state index contributed by atoms with van der Waals surface area (Å²) < 4.78 is 2.07. The summed E-state index contributed by atoms with van der Waals surface area (Å²) in [4.78, 5) is 41.1. The average molecular weight is 463 g/mol. The number of nitrogens with zero attached hydrogens (tertiary/aromatic N) is 1.